The maximum Gasteiger partial charge on any atom is 0.279 e. The molecule has 2 N–H and O–H groups in total. The van der Waals surface area contributed by atoms with Crippen LogP contribution in [0.25, 0.3) is 0 Å². The molecule has 2 fully saturated rings. The van der Waals surface area contributed by atoms with Crippen molar-refractivity contribution in [1.29, 1.82) is 0 Å². The third-order valence-electron chi connectivity index (χ3n) is 3.83. The molecular formula is C12H25N3O2S. The van der Waals surface area contributed by atoms with Crippen molar-refractivity contribution in [1.82, 2.24) is 14.3 Å². The highest BCUT2D eigenvalue weighted by Gasteiger charge is 2.24. The minimum atomic E-state index is -3.26. The van der Waals surface area contributed by atoms with E-state index in [1.807, 2.05) is 0 Å². The number of hydrogen-bond acceptors (Lipinski definition) is 3. The van der Waals surface area contributed by atoms with E-state index in [9.17, 15) is 8.42 Å². The second-order valence-electron chi connectivity index (χ2n) is 5.31. The van der Waals surface area contributed by atoms with Crippen LogP contribution in [0.2, 0.25) is 0 Å². The van der Waals surface area contributed by atoms with Gasteiger partial charge < -0.3 is 5.32 Å². The summed E-state index contributed by atoms with van der Waals surface area (Å²) < 4.78 is 28.7. The Bertz CT molecular complexity index is 331. The molecule has 1 unspecified atom stereocenters. The van der Waals surface area contributed by atoms with Gasteiger partial charge in [-0.15, -0.1) is 0 Å². The van der Waals surface area contributed by atoms with Crippen LogP contribution in [0.5, 0.6) is 0 Å². The van der Waals surface area contributed by atoms with Crippen molar-refractivity contribution in [2.45, 2.75) is 51.0 Å². The van der Waals surface area contributed by atoms with Crippen LogP contribution >= 0.6 is 0 Å². The maximum atomic E-state index is 12.2. The zero-order valence-electron chi connectivity index (χ0n) is 11.0. The SMILES string of the molecule is O=S(=O)(NCC1CCCCN1)N1CCCCCC1. The lowest BCUT2D eigenvalue weighted by molar-refractivity contribution is 0.382. The van der Waals surface area contributed by atoms with E-state index in [-0.39, 0.29) is 0 Å². The normalized spacial score (nSPS) is 27.9. The van der Waals surface area contributed by atoms with Crippen LogP contribution in [0.4, 0.5) is 0 Å². The summed E-state index contributed by atoms with van der Waals surface area (Å²) in [6, 6.07) is 0.306. The predicted octanol–water partition coefficient (Wildman–Crippen LogP) is 0.839. The second kappa shape index (κ2) is 6.84. The van der Waals surface area contributed by atoms with Gasteiger partial charge in [0.15, 0.2) is 0 Å². The smallest absolute Gasteiger partial charge is 0.279 e. The number of rotatable bonds is 4. The average Bonchev–Trinajstić information content (AvgIpc) is 2.67. The molecule has 106 valence electrons. The van der Waals surface area contributed by atoms with Gasteiger partial charge in [-0.2, -0.15) is 12.7 Å². The van der Waals surface area contributed by atoms with Crippen LogP contribution < -0.4 is 10.0 Å². The van der Waals surface area contributed by atoms with E-state index >= 15 is 0 Å². The molecule has 0 bridgehead atoms. The van der Waals surface area contributed by atoms with E-state index in [1.165, 1.54) is 12.8 Å². The van der Waals surface area contributed by atoms with Crippen LogP contribution in [0.3, 0.4) is 0 Å². The van der Waals surface area contributed by atoms with Gasteiger partial charge in [0.2, 0.25) is 0 Å². The van der Waals surface area contributed by atoms with Crippen LogP contribution in [0.1, 0.15) is 44.9 Å². The first-order valence-corrected chi connectivity index (χ1v) is 8.60. The molecule has 18 heavy (non-hydrogen) atoms. The summed E-state index contributed by atoms with van der Waals surface area (Å²) in [6.45, 7) is 2.88. The van der Waals surface area contributed by atoms with Gasteiger partial charge in [-0.3, -0.25) is 0 Å². The number of piperidine rings is 1. The molecule has 0 radical (unpaired) electrons. The summed E-state index contributed by atoms with van der Waals surface area (Å²) in [6.07, 6.45) is 7.75. The predicted molar refractivity (Wildman–Crippen MR) is 72.6 cm³/mol. The Morgan fingerprint density at radius 2 is 1.78 bits per heavy atom. The fourth-order valence-corrected chi connectivity index (χ4v) is 4.01. The average molecular weight is 275 g/mol. The van der Waals surface area contributed by atoms with Crippen molar-refractivity contribution in [3.63, 3.8) is 0 Å². The van der Waals surface area contributed by atoms with E-state index in [4.69, 9.17) is 0 Å². The van der Waals surface area contributed by atoms with Crippen molar-refractivity contribution >= 4 is 10.2 Å². The Balaban J connectivity index is 1.81. The lowest BCUT2D eigenvalue weighted by Crippen LogP contribution is -2.48. The first-order valence-electron chi connectivity index (χ1n) is 7.16. The van der Waals surface area contributed by atoms with Crippen molar-refractivity contribution in [2.24, 2.45) is 0 Å². The first kappa shape index (κ1) is 14.2. The Labute approximate surface area is 110 Å². The van der Waals surface area contributed by atoms with Crippen LogP contribution in [0, 0.1) is 0 Å². The maximum absolute atomic E-state index is 12.2. The third kappa shape index (κ3) is 4.19. The lowest BCUT2D eigenvalue weighted by atomic mass is 10.1. The highest BCUT2D eigenvalue weighted by molar-refractivity contribution is 7.87. The molecular weight excluding hydrogens is 250 g/mol. The Kier molecular flexibility index (Phi) is 5.41. The van der Waals surface area contributed by atoms with Crippen molar-refractivity contribution in [3.05, 3.63) is 0 Å². The minimum absolute atomic E-state index is 0.306. The Hall–Kier alpha value is -0.170. The third-order valence-corrected chi connectivity index (χ3v) is 5.41. The van der Waals surface area contributed by atoms with Gasteiger partial charge >= 0.3 is 0 Å². The Morgan fingerprint density at radius 1 is 1.06 bits per heavy atom. The monoisotopic (exact) mass is 275 g/mol. The number of nitrogens with one attached hydrogen (secondary N) is 2. The second-order valence-corrected chi connectivity index (χ2v) is 7.07. The zero-order valence-corrected chi connectivity index (χ0v) is 11.8. The molecule has 1 atom stereocenters. The quantitative estimate of drug-likeness (QED) is 0.799. The summed E-state index contributed by atoms with van der Waals surface area (Å²) in [7, 11) is -3.26. The molecule has 0 aromatic carbocycles. The number of hydrogen-bond donors (Lipinski definition) is 2. The van der Waals surface area contributed by atoms with Gasteiger partial charge in [-0.05, 0) is 32.2 Å². The van der Waals surface area contributed by atoms with E-state index in [0.29, 0.717) is 25.7 Å². The summed E-state index contributed by atoms with van der Waals surface area (Å²) in [5.74, 6) is 0. The topological polar surface area (TPSA) is 61.4 Å². The largest absolute Gasteiger partial charge is 0.313 e. The van der Waals surface area contributed by atoms with Crippen molar-refractivity contribution < 1.29 is 8.42 Å². The van der Waals surface area contributed by atoms with Crippen LogP contribution in [-0.4, -0.2) is 44.9 Å². The van der Waals surface area contributed by atoms with E-state index in [0.717, 1.165) is 38.6 Å². The standard InChI is InChI=1S/C12H25N3O2S/c16-18(17,15-9-5-1-2-6-10-15)14-11-12-7-3-4-8-13-12/h12-14H,1-11H2. The van der Waals surface area contributed by atoms with Gasteiger partial charge in [-0.25, -0.2) is 4.72 Å². The van der Waals surface area contributed by atoms with Crippen molar-refractivity contribution in [2.75, 3.05) is 26.2 Å². The summed E-state index contributed by atoms with van der Waals surface area (Å²) in [5, 5.41) is 3.36. The molecule has 2 aliphatic heterocycles. The fraction of sp³-hybridized carbons (Fsp3) is 1.00. The molecule has 0 amide bonds. The zero-order chi connectivity index (χ0) is 12.8. The molecule has 0 aromatic heterocycles. The minimum Gasteiger partial charge on any atom is -0.313 e. The number of nitrogens with zero attached hydrogens (tertiary/aromatic N) is 1. The molecule has 2 heterocycles. The molecule has 5 nitrogen and oxygen atoms in total. The van der Waals surface area contributed by atoms with Gasteiger partial charge in [0.05, 0.1) is 0 Å². The lowest BCUT2D eigenvalue weighted by Gasteiger charge is -2.26. The van der Waals surface area contributed by atoms with Gasteiger partial charge in [0, 0.05) is 25.7 Å². The first-order chi connectivity index (χ1) is 8.68. The van der Waals surface area contributed by atoms with E-state index in [2.05, 4.69) is 10.0 Å². The molecule has 6 heteroatoms. The molecule has 2 rings (SSSR count). The highest BCUT2D eigenvalue weighted by atomic mass is 32.2. The van der Waals surface area contributed by atoms with Crippen LogP contribution in [-0.2, 0) is 10.2 Å². The van der Waals surface area contributed by atoms with Gasteiger partial charge in [0.1, 0.15) is 0 Å². The highest BCUT2D eigenvalue weighted by Crippen LogP contribution is 2.13. The fourth-order valence-electron chi connectivity index (χ4n) is 2.68. The van der Waals surface area contributed by atoms with Gasteiger partial charge in [-0.1, -0.05) is 19.3 Å². The molecule has 0 aliphatic carbocycles. The summed E-state index contributed by atoms with van der Waals surface area (Å²) in [5.41, 5.74) is 0. The molecule has 0 spiro atoms. The Morgan fingerprint density at radius 3 is 2.39 bits per heavy atom. The molecule has 0 saturated carbocycles. The van der Waals surface area contributed by atoms with Gasteiger partial charge in [0.25, 0.3) is 10.2 Å². The summed E-state index contributed by atoms with van der Waals surface area (Å²) >= 11 is 0. The van der Waals surface area contributed by atoms with E-state index < -0.39 is 10.2 Å². The molecule has 2 saturated heterocycles. The molecule has 0 aromatic rings. The molecule has 2 aliphatic rings. The summed E-state index contributed by atoms with van der Waals surface area (Å²) in [4.78, 5) is 0. The van der Waals surface area contributed by atoms with Crippen LogP contribution in [0.15, 0.2) is 0 Å². The van der Waals surface area contributed by atoms with E-state index in [1.54, 1.807) is 4.31 Å². The van der Waals surface area contributed by atoms with Crippen molar-refractivity contribution in [3.8, 4) is 0 Å².